The van der Waals surface area contributed by atoms with Gasteiger partial charge in [0, 0.05) is 10.0 Å². The van der Waals surface area contributed by atoms with Crippen LogP contribution < -0.4 is 4.74 Å². The number of carbonyl (C=O) groups is 1. The van der Waals surface area contributed by atoms with Gasteiger partial charge in [-0.1, -0.05) is 15.9 Å². The van der Waals surface area contributed by atoms with E-state index in [9.17, 15) is 4.79 Å². The Balaban J connectivity index is 2.96. The van der Waals surface area contributed by atoms with Crippen molar-refractivity contribution in [3.8, 4) is 5.75 Å². The standard InChI is InChI=1S/C11H10BrClO2/c1-15-11-5-3-9(12)6-8(11)2-4-10(14)7-13/h2-6H,7H2,1H3. The molecule has 0 spiro atoms. The highest BCUT2D eigenvalue weighted by Gasteiger charge is 2.00. The van der Waals surface area contributed by atoms with Gasteiger partial charge in [0.1, 0.15) is 5.75 Å². The predicted octanol–water partition coefficient (Wildman–Crippen LogP) is 3.28. The lowest BCUT2D eigenvalue weighted by Crippen LogP contribution is -1.92. The Morgan fingerprint density at radius 3 is 2.93 bits per heavy atom. The Morgan fingerprint density at radius 1 is 1.60 bits per heavy atom. The van der Waals surface area contributed by atoms with E-state index in [1.165, 1.54) is 6.08 Å². The maximum atomic E-state index is 11.0. The summed E-state index contributed by atoms with van der Waals surface area (Å²) in [7, 11) is 1.59. The Kier molecular flexibility index (Phi) is 4.85. The van der Waals surface area contributed by atoms with Gasteiger partial charge in [0.15, 0.2) is 5.78 Å². The minimum absolute atomic E-state index is 0.00712. The van der Waals surface area contributed by atoms with E-state index in [1.54, 1.807) is 13.2 Å². The molecule has 80 valence electrons. The molecular weight excluding hydrogens is 279 g/mol. The summed E-state index contributed by atoms with van der Waals surface area (Å²) in [6.45, 7) is 0. The van der Waals surface area contributed by atoms with Gasteiger partial charge in [0.25, 0.3) is 0 Å². The highest BCUT2D eigenvalue weighted by Crippen LogP contribution is 2.24. The van der Waals surface area contributed by atoms with Crippen LogP contribution in [0.2, 0.25) is 0 Å². The van der Waals surface area contributed by atoms with Crippen LogP contribution in [0.1, 0.15) is 5.56 Å². The Morgan fingerprint density at radius 2 is 2.33 bits per heavy atom. The van der Waals surface area contributed by atoms with E-state index in [4.69, 9.17) is 16.3 Å². The summed E-state index contributed by atoms with van der Waals surface area (Å²) in [5, 5.41) is 0. The van der Waals surface area contributed by atoms with Crippen LogP contribution in [0.3, 0.4) is 0 Å². The monoisotopic (exact) mass is 288 g/mol. The van der Waals surface area contributed by atoms with E-state index >= 15 is 0 Å². The van der Waals surface area contributed by atoms with Crippen molar-refractivity contribution in [2.45, 2.75) is 0 Å². The molecule has 0 radical (unpaired) electrons. The molecule has 0 fully saturated rings. The second-order valence-electron chi connectivity index (χ2n) is 2.82. The van der Waals surface area contributed by atoms with Crippen LogP contribution in [-0.4, -0.2) is 18.8 Å². The molecule has 0 aliphatic heterocycles. The summed E-state index contributed by atoms with van der Waals surface area (Å²) in [5.41, 5.74) is 0.838. The molecule has 0 atom stereocenters. The van der Waals surface area contributed by atoms with Gasteiger partial charge in [0.2, 0.25) is 0 Å². The second kappa shape index (κ2) is 5.93. The Labute approximate surface area is 102 Å². The van der Waals surface area contributed by atoms with Crippen LogP contribution in [-0.2, 0) is 4.79 Å². The van der Waals surface area contributed by atoms with Gasteiger partial charge in [0.05, 0.1) is 13.0 Å². The SMILES string of the molecule is COc1ccc(Br)cc1C=CC(=O)CCl. The number of halogens is 2. The third-order valence-corrected chi connectivity index (χ3v) is 2.53. The maximum Gasteiger partial charge on any atom is 0.170 e. The van der Waals surface area contributed by atoms with E-state index in [-0.39, 0.29) is 11.7 Å². The normalized spacial score (nSPS) is 10.6. The molecule has 0 heterocycles. The molecule has 1 aromatic rings. The number of alkyl halides is 1. The first-order chi connectivity index (χ1) is 7.17. The van der Waals surface area contributed by atoms with Crippen molar-refractivity contribution < 1.29 is 9.53 Å². The number of ether oxygens (including phenoxy) is 1. The van der Waals surface area contributed by atoms with Crippen molar-refractivity contribution >= 4 is 39.4 Å². The van der Waals surface area contributed by atoms with Gasteiger partial charge in [-0.25, -0.2) is 0 Å². The molecule has 0 aliphatic carbocycles. The van der Waals surface area contributed by atoms with Gasteiger partial charge in [-0.2, -0.15) is 0 Å². The zero-order valence-corrected chi connectivity index (χ0v) is 10.5. The topological polar surface area (TPSA) is 26.3 Å². The molecule has 0 amide bonds. The van der Waals surface area contributed by atoms with Gasteiger partial charge < -0.3 is 4.74 Å². The van der Waals surface area contributed by atoms with Crippen LogP contribution in [0.5, 0.6) is 5.75 Å². The van der Waals surface area contributed by atoms with Crippen molar-refractivity contribution in [1.29, 1.82) is 0 Å². The van der Waals surface area contributed by atoms with Crippen molar-refractivity contribution in [1.82, 2.24) is 0 Å². The van der Waals surface area contributed by atoms with Gasteiger partial charge in [-0.05, 0) is 30.4 Å². The first-order valence-electron chi connectivity index (χ1n) is 4.28. The first-order valence-corrected chi connectivity index (χ1v) is 5.60. The van der Waals surface area contributed by atoms with Gasteiger partial charge in [-0.15, -0.1) is 11.6 Å². The third-order valence-electron chi connectivity index (χ3n) is 1.77. The summed E-state index contributed by atoms with van der Waals surface area (Å²) < 4.78 is 6.08. The second-order valence-corrected chi connectivity index (χ2v) is 4.00. The maximum absolute atomic E-state index is 11.0. The smallest absolute Gasteiger partial charge is 0.170 e. The Bertz CT molecular complexity index is 388. The number of hydrogen-bond donors (Lipinski definition) is 0. The lowest BCUT2D eigenvalue weighted by atomic mass is 10.2. The average Bonchev–Trinajstić information content (AvgIpc) is 2.26. The summed E-state index contributed by atoms with van der Waals surface area (Å²) in [6.07, 6.45) is 3.13. The molecule has 1 rings (SSSR count). The van der Waals surface area contributed by atoms with Crippen LogP contribution in [0.15, 0.2) is 28.7 Å². The van der Waals surface area contributed by atoms with E-state index in [1.807, 2.05) is 18.2 Å². The van der Waals surface area contributed by atoms with E-state index < -0.39 is 0 Å². The van der Waals surface area contributed by atoms with E-state index in [2.05, 4.69) is 15.9 Å². The number of benzene rings is 1. The molecule has 0 N–H and O–H groups in total. The number of hydrogen-bond acceptors (Lipinski definition) is 2. The zero-order valence-electron chi connectivity index (χ0n) is 8.17. The molecule has 0 aliphatic rings. The molecule has 0 saturated carbocycles. The number of rotatable bonds is 4. The highest BCUT2D eigenvalue weighted by molar-refractivity contribution is 9.10. The fraction of sp³-hybridized carbons (Fsp3) is 0.182. The summed E-state index contributed by atoms with van der Waals surface area (Å²) >= 11 is 8.73. The van der Waals surface area contributed by atoms with Gasteiger partial charge >= 0.3 is 0 Å². The van der Waals surface area contributed by atoms with Crippen LogP contribution >= 0.6 is 27.5 Å². The molecule has 15 heavy (non-hydrogen) atoms. The van der Waals surface area contributed by atoms with Crippen molar-refractivity contribution in [2.75, 3.05) is 13.0 Å². The van der Waals surface area contributed by atoms with Crippen LogP contribution in [0, 0.1) is 0 Å². The Hall–Kier alpha value is -0.800. The van der Waals surface area contributed by atoms with E-state index in [0.717, 1.165) is 15.8 Å². The fourth-order valence-corrected chi connectivity index (χ4v) is 1.53. The minimum Gasteiger partial charge on any atom is -0.496 e. The molecule has 0 aromatic heterocycles. The zero-order chi connectivity index (χ0) is 11.3. The summed E-state index contributed by atoms with van der Waals surface area (Å²) in [6, 6.07) is 5.57. The fourth-order valence-electron chi connectivity index (χ4n) is 1.06. The van der Waals surface area contributed by atoms with Crippen molar-refractivity contribution in [2.24, 2.45) is 0 Å². The number of ketones is 1. The quantitative estimate of drug-likeness (QED) is 0.628. The predicted molar refractivity (Wildman–Crippen MR) is 65.5 cm³/mol. The van der Waals surface area contributed by atoms with Crippen molar-refractivity contribution in [3.63, 3.8) is 0 Å². The molecule has 0 unspecified atom stereocenters. The minimum atomic E-state index is -0.126. The molecule has 0 saturated heterocycles. The molecule has 1 aromatic carbocycles. The number of allylic oxidation sites excluding steroid dienone is 1. The average molecular weight is 290 g/mol. The van der Waals surface area contributed by atoms with Crippen LogP contribution in [0.4, 0.5) is 0 Å². The van der Waals surface area contributed by atoms with E-state index in [0.29, 0.717) is 0 Å². The van der Waals surface area contributed by atoms with Crippen LogP contribution in [0.25, 0.3) is 6.08 Å². The highest BCUT2D eigenvalue weighted by atomic mass is 79.9. The summed E-state index contributed by atoms with van der Waals surface area (Å²) in [4.78, 5) is 11.0. The van der Waals surface area contributed by atoms with Gasteiger partial charge in [-0.3, -0.25) is 4.79 Å². The number of methoxy groups -OCH3 is 1. The summed E-state index contributed by atoms with van der Waals surface area (Å²) in [5.74, 6) is 0.586. The third kappa shape index (κ3) is 3.68. The molecule has 2 nitrogen and oxygen atoms in total. The lowest BCUT2D eigenvalue weighted by Gasteiger charge is -2.04. The molecule has 4 heteroatoms. The van der Waals surface area contributed by atoms with Crippen molar-refractivity contribution in [3.05, 3.63) is 34.3 Å². The largest absolute Gasteiger partial charge is 0.496 e. The first kappa shape index (κ1) is 12.3. The molecular formula is C11H10BrClO2. The number of carbonyl (C=O) groups excluding carboxylic acids is 1. The lowest BCUT2D eigenvalue weighted by molar-refractivity contribution is -0.112. The molecule has 0 bridgehead atoms.